The van der Waals surface area contributed by atoms with Gasteiger partial charge in [-0.1, -0.05) is 24.3 Å². The van der Waals surface area contributed by atoms with Gasteiger partial charge in [-0.2, -0.15) is 0 Å². The number of anilines is 1. The van der Waals surface area contributed by atoms with E-state index in [1.807, 2.05) is 24.3 Å². The molecule has 0 saturated carbocycles. The number of nitrogens with one attached hydrogen (secondary N) is 1. The lowest BCUT2D eigenvalue weighted by Crippen LogP contribution is -2.50. The topological polar surface area (TPSA) is 75.4 Å². The molecule has 1 N–H and O–H groups in total. The summed E-state index contributed by atoms with van der Waals surface area (Å²) in [5, 5.41) is 2.85. The quantitative estimate of drug-likeness (QED) is 0.790. The number of rotatable bonds is 3. The number of hydrogen-bond donors (Lipinski definition) is 1. The number of aromatic nitrogens is 1. The molecule has 1 aromatic carbocycles. The van der Waals surface area contributed by atoms with Crippen LogP contribution in [0.5, 0.6) is 0 Å². The molecule has 1 aliphatic heterocycles. The summed E-state index contributed by atoms with van der Waals surface area (Å²) in [7, 11) is 0. The highest BCUT2D eigenvalue weighted by atomic mass is 16.3. The third-order valence-electron chi connectivity index (χ3n) is 4.47. The van der Waals surface area contributed by atoms with Gasteiger partial charge < -0.3 is 14.6 Å². The Balaban J connectivity index is 1.64. The summed E-state index contributed by atoms with van der Waals surface area (Å²) in [5.41, 5.74) is 2.71. The molecule has 2 amide bonds. The van der Waals surface area contributed by atoms with E-state index in [1.165, 1.54) is 6.26 Å². The van der Waals surface area contributed by atoms with Crippen LogP contribution in [0.3, 0.4) is 0 Å². The summed E-state index contributed by atoms with van der Waals surface area (Å²) in [6, 6.07) is 14.0. The van der Waals surface area contributed by atoms with Gasteiger partial charge in [-0.05, 0) is 35.4 Å². The highest BCUT2D eigenvalue weighted by Gasteiger charge is 2.35. The van der Waals surface area contributed by atoms with Crippen molar-refractivity contribution in [2.45, 2.75) is 19.0 Å². The van der Waals surface area contributed by atoms with Crippen LogP contribution in [-0.2, 0) is 17.8 Å². The molecule has 0 unspecified atom stereocenters. The Morgan fingerprint density at radius 3 is 2.65 bits per heavy atom. The molecule has 0 aliphatic carbocycles. The van der Waals surface area contributed by atoms with Crippen molar-refractivity contribution in [2.24, 2.45) is 0 Å². The van der Waals surface area contributed by atoms with Crippen LogP contribution in [0.25, 0.3) is 0 Å². The zero-order valence-corrected chi connectivity index (χ0v) is 14.0. The average molecular weight is 347 g/mol. The van der Waals surface area contributed by atoms with E-state index in [9.17, 15) is 9.59 Å². The molecule has 0 radical (unpaired) electrons. The Morgan fingerprint density at radius 1 is 1.08 bits per heavy atom. The third-order valence-corrected chi connectivity index (χ3v) is 4.47. The predicted molar refractivity (Wildman–Crippen MR) is 95.4 cm³/mol. The normalized spacial score (nSPS) is 16.0. The fourth-order valence-corrected chi connectivity index (χ4v) is 3.17. The van der Waals surface area contributed by atoms with Gasteiger partial charge in [0, 0.05) is 19.2 Å². The van der Waals surface area contributed by atoms with Gasteiger partial charge in [-0.15, -0.1) is 0 Å². The van der Waals surface area contributed by atoms with E-state index in [0.717, 1.165) is 11.1 Å². The lowest BCUT2D eigenvalue weighted by molar-refractivity contribution is -0.121. The fourth-order valence-electron chi connectivity index (χ4n) is 3.17. The van der Waals surface area contributed by atoms with E-state index in [2.05, 4.69) is 10.3 Å². The summed E-state index contributed by atoms with van der Waals surface area (Å²) in [6.45, 7) is 0.362. The molecule has 6 nitrogen and oxygen atoms in total. The molecule has 0 bridgehead atoms. The van der Waals surface area contributed by atoms with Crippen molar-refractivity contribution in [3.63, 3.8) is 0 Å². The van der Waals surface area contributed by atoms with Crippen molar-refractivity contribution in [3.8, 4) is 0 Å². The monoisotopic (exact) mass is 347 g/mol. The maximum atomic E-state index is 12.9. The van der Waals surface area contributed by atoms with Crippen LogP contribution in [-0.4, -0.2) is 27.7 Å². The molecular formula is C20H17N3O3. The third kappa shape index (κ3) is 3.09. The van der Waals surface area contributed by atoms with Crippen LogP contribution in [0.4, 0.5) is 5.69 Å². The molecule has 1 atom stereocenters. The van der Waals surface area contributed by atoms with Crippen LogP contribution in [0.15, 0.2) is 71.6 Å². The number of pyridine rings is 1. The Bertz CT molecular complexity index is 922. The minimum Gasteiger partial charge on any atom is -0.459 e. The molecule has 2 aromatic heterocycles. The van der Waals surface area contributed by atoms with Crippen molar-refractivity contribution in [1.29, 1.82) is 0 Å². The SMILES string of the molecule is O=C(Nc1cccnc1)[C@H]1Cc2ccccc2CN1C(=O)c1ccco1. The van der Waals surface area contributed by atoms with Crippen LogP contribution >= 0.6 is 0 Å². The number of benzene rings is 1. The Kier molecular flexibility index (Phi) is 4.23. The molecule has 0 saturated heterocycles. The first-order chi connectivity index (χ1) is 12.7. The Morgan fingerprint density at radius 2 is 1.92 bits per heavy atom. The van der Waals surface area contributed by atoms with Gasteiger partial charge in [-0.25, -0.2) is 0 Å². The molecule has 1 aliphatic rings. The lowest BCUT2D eigenvalue weighted by atomic mass is 9.93. The van der Waals surface area contributed by atoms with Crippen LogP contribution in [0, 0.1) is 0 Å². The molecule has 130 valence electrons. The maximum absolute atomic E-state index is 12.9. The predicted octanol–water partition coefficient (Wildman–Crippen LogP) is 2.88. The number of carbonyl (C=O) groups excluding carboxylic acids is 2. The highest BCUT2D eigenvalue weighted by Crippen LogP contribution is 2.26. The second kappa shape index (κ2) is 6.84. The molecule has 0 spiro atoms. The minimum atomic E-state index is -0.622. The van der Waals surface area contributed by atoms with E-state index in [-0.39, 0.29) is 17.6 Å². The zero-order valence-electron chi connectivity index (χ0n) is 14.0. The van der Waals surface area contributed by atoms with Crippen molar-refractivity contribution in [2.75, 3.05) is 5.32 Å². The number of carbonyl (C=O) groups is 2. The van der Waals surface area contributed by atoms with E-state index in [0.29, 0.717) is 18.7 Å². The average Bonchev–Trinajstić information content (AvgIpc) is 3.22. The molecule has 26 heavy (non-hydrogen) atoms. The summed E-state index contributed by atoms with van der Waals surface area (Å²) in [5.74, 6) is -0.313. The lowest BCUT2D eigenvalue weighted by Gasteiger charge is -2.35. The minimum absolute atomic E-state index is 0.226. The standard InChI is InChI=1S/C20H17N3O3/c24-19(22-16-7-3-9-21-12-16)17-11-14-5-1-2-6-15(14)13-23(17)20(25)18-8-4-10-26-18/h1-10,12,17H,11,13H2,(H,22,24)/t17-/m1/s1. The number of fused-ring (bicyclic) bond motifs is 1. The molecule has 4 rings (SSSR count). The van der Waals surface area contributed by atoms with Gasteiger partial charge in [0.15, 0.2) is 5.76 Å². The molecule has 3 aromatic rings. The van der Waals surface area contributed by atoms with E-state index in [1.54, 1.807) is 41.6 Å². The number of nitrogens with zero attached hydrogens (tertiary/aromatic N) is 2. The fraction of sp³-hybridized carbons (Fsp3) is 0.150. The van der Waals surface area contributed by atoms with Crippen molar-refractivity contribution >= 4 is 17.5 Å². The first-order valence-corrected chi connectivity index (χ1v) is 8.34. The Labute approximate surface area is 150 Å². The van der Waals surface area contributed by atoms with E-state index < -0.39 is 6.04 Å². The van der Waals surface area contributed by atoms with Gasteiger partial charge in [0.1, 0.15) is 6.04 Å². The van der Waals surface area contributed by atoms with Crippen molar-refractivity contribution in [1.82, 2.24) is 9.88 Å². The van der Waals surface area contributed by atoms with Crippen LogP contribution in [0.1, 0.15) is 21.7 Å². The molecule has 3 heterocycles. The Hall–Kier alpha value is -3.41. The summed E-state index contributed by atoms with van der Waals surface area (Å²) < 4.78 is 5.25. The van der Waals surface area contributed by atoms with Crippen molar-refractivity contribution in [3.05, 3.63) is 84.1 Å². The second-order valence-electron chi connectivity index (χ2n) is 6.13. The van der Waals surface area contributed by atoms with Crippen LogP contribution < -0.4 is 5.32 Å². The maximum Gasteiger partial charge on any atom is 0.290 e. The summed E-state index contributed by atoms with van der Waals surface area (Å²) in [6.07, 6.45) is 5.12. The molecular weight excluding hydrogens is 330 g/mol. The van der Waals surface area contributed by atoms with Gasteiger partial charge in [0.25, 0.3) is 5.91 Å². The van der Waals surface area contributed by atoms with Gasteiger partial charge in [0.2, 0.25) is 5.91 Å². The van der Waals surface area contributed by atoms with Gasteiger partial charge in [-0.3, -0.25) is 14.6 Å². The van der Waals surface area contributed by atoms with E-state index in [4.69, 9.17) is 4.42 Å². The second-order valence-corrected chi connectivity index (χ2v) is 6.13. The largest absolute Gasteiger partial charge is 0.459 e. The van der Waals surface area contributed by atoms with Gasteiger partial charge >= 0.3 is 0 Å². The first-order valence-electron chi connectivity index (χ1n) is 8.34. The summed E-state index contributed by atoms with van der Waals surface area (Å²) in [4.78, 5) is 31.3. The van der Waals surface area contributed by atoms with Gasteiger partial charge in [0.05, 0.1) is 18.1 Å². The summed E-state index contributed by atoms with van der Waals surface area (Å²) >= 11 is 0. The van der Waals surface area contributed by atoms with E-state index >= 15 is 0 Å². The van der Waals surface area contributed by atoms with Crippen molar-refractivity contribution < 1.29 is 14.0 Å². The smallest absolute Gasteiger partial charge is 0.290 e. The zero-order chi connectivity index (χ0) is 17.9. The highest BCUT2D eigenvalue weighted by molar-refractivity contribution is 6.00. The number of furan rings is 1. The van der Waals surface area contributed by atoms with Crippen LogP contribution in [0.2, 0.25) is 0 Å². The molecule has 0 fully saturated rings. The number of hydrogen-bond acceptors (Lipinski definition) is 4. The number of amides is 2. The first kappa shape index (κ1) is 16.1. The molecule has 6 heteroatoms.